The van der Waals surface area contributed by atoms with E-state index in [2.05, 4.69) is 0 Å². The fourth-order valence-electron chi connectivity index (χ4n) is 2.66. The van der Waals surface area contributed by atoms with Gasteiger partial charge in [0.2, 0.25) is 0 Å². The number of fused-ring (bicyclic) bond motifs is 1. The van der Waals surface area contributed by atoms with Crippen molar-refractivity contribution in [2.75, 3.05) is 26.3 Å². The molecule has 3 aliphatic rings. The van der Waals surface area contributed by atoms with Gasteiger partial charge in [0, 0.05) is 13.1 Å². The Morgan fingerprint density at radius 2 is 1.95 bits per heavy atom. The van der Waals surface area contributed by atoms with Crippen molar-refractivity contribution < 1.29 is 28.8 Å². The van der Waals surface area contributed by atoms with Crippen molar-refractivity contribution in [3.8, 4) is 0 Å². The van der Waals surface area contributed by atoms with Crippen molar-refractivity contribution in [2.45, 2.75) is 44.2 Å². The number of aliphatic hydroxyl groups excluding tert-OH is 1. The summed E-state index contributed by atoms with van der Waals surface area (Å²) in [4.78, 5) is 13.9. The Morgan fingerprint density at radius 3 is 2.58 bits per heavy atom. The Bertz CT molecular complexity index is 367. The standard InChI is InChI=1S/C12H19NO6/c1-12(2)18-9-7(14)8(17-11(9)19-12)10(15)13-3-5-16-6-4-13/h7-9,11,14H,3-6H2,1-2H3/t7-,8-,9?,11+/m1/s1. The second-order valence-electron chi connectivity index (χ2n) is 5.45. The Hall–Kier alpha value is -0.730. The van der Waals surface area contributed by atoms with Crippen molar-refractivity contribution in [3.05, 3.63) is 0 Å². The predicted octanol–water partition coefficient (Wildman–Crippen LogP) is -0.917. The van der Waals surface area contributed by atoms with Gasteiger partial charge in [-0.25, -0.2) is 0 Å². The van der Waals surface area contributed by atoms with Crippen LogP contribution in [0.1, 0.15) is 13.8 Å². The van der Waals surface area contributed by atoms with E-state index < -0.39 is 30.4 Å². The molecule has 3 rings (SSSR count). The van der Waals surface area contributed by atoms with Crippen LogP contribution in [0.3, 0.4) is 0 Å². The van der Waals surface area contributed by atoms with Gasteiger partial charge in [-0.3, -0.25) is 4.79 Å². The van der Waals surface area contributed by atoms with Gasteiger partial charge in [-0.2, -0.15) is 0 Å². The highest BCUT2D eigenvalue weighted by Crippen LogP contribution is 2.37. The number of carbonyl (C=O) groups excluding carboxylic acids is 1. The minimum atomic E-state index is -0.998. The summed E-state index contributed by atoms with van der Waals surface area (Å²) in [5.41, 5.74) is 0. The topological polar surface area (TPSA) is 77.5 Å². The van der Waals surface area contributed by atoms with Crippen LogP contribution in [0.15, 0.2) is 0 Å². The summed E-state index contributed by atoms with van der Waals surface area (Å²) in [6.07, 6.45) is -3.20. The average molecular weight is 273 g/mol. The van der Waals surface area contributed by atoms with Gasteiger partial charge in [0.1, 0.15) is 12.2 Å². The third-order valence-corrected chi connectivity index (χ3v) is 3.58. The molecule has 0 aromatic carbocycles. The van der Waals surface area contributed by atoms with Gasteiger partial charge in [-0.15, -0.1) is 0 Å². The van der Waals surface area contributed by atoms with Crippen LogP contribution in [-0.2, 0) is 23.7 Å². The fraction of sp³-hybridized carbons (Fsp3) is 0.917. The summed E-state index contributed by atoms with van der Waals surface area (Å²) >= 11 is 0. The van der Waals surface area contributed by atoms with E-state index in [0.717, 1.165) is 0 Å². The Kier molecular flexibility index (Phi) is 3.26. The molecule has 1 amide bonds. The molecular formula is C12H19NO6. The molecule has 4 atom stereocenters. The SMILES string of the molecule is CC1(C)OC2[C@@H](O[C@@H](C(=O)N3CCOCC3)[C@H]2O)O1. The molecule has 0 bridgehead atoms. The van der Waals surface area contributed by atoms with E-state index in [9.17, 15) is 9.90 Å². The van der Waals surface area contributed by atoms with E-state index in [1.54, 1.807) is 18.7 Å². The fourth-order valence-corrected chi connectivity index (χ4v) is 2.66. The molecule has 3 saturated heterocycles. The molecule has 1 unspecified atom stereocenters. The average Bonchev–Trinajstić information content (AvgIpc) is 2.84. The van der Waals surface area contributed by atoms with Crippen LogP contribution in [0.25, 0.3) is 0 Å². The summed E-state index contributed by atoms with van der Waals surface area (Å²) in [5, 5.41) is 10.2. The molecule has 3 heterocycles. The normalized spacial score (nSPS) is 41.3. The maximum Gasteiger partial charge on any atom is 0.254 e. The molecule has 3 fully saturated rings. The minimum absolute atomic E-state index is 0.227. The van der Waals surface area contributed by atoms with Crippen LogP contribution in [0.4, 0.5) is 0 Å². The van der Waals surface area contributed by atoms with Gasteiger partial charge in [0.25, 0.3) is 5.91 Å². The molecule has 19 heavy (non-hydrogen) atoms. The van der Waals surface area contributed by atoms with Crippen molar-refractivity contribution >= 4 is 5.91 Å². The lowest BCUT2D eigenvalue weighted by atomic mass is 10.1. The number of nitrogens with zero attached hydrogens (tertiary/aromatic N) is 1. The van der Waals surface area contributed by atoms with Crippen molar-refractivity contribution in [1.29, 1.82) is 0 Å². The lowest BCUT2D eigenvalue weighted by molar-refractivity contribution is -0.217. The number of hydrogen-bond acceptors (Lipinski definition) is 6. The second-order valence-corrected chi connectivity index (χ2v) is 5.45. The van der Waals surface area contributed by atoms with Crippen molar-refractivity contribution in [2.24, 2.45) is 0 Å². The van der Waals surface area contributed by atoms with E-state index in [-0.39, 0.29) is 5.91 Å². The third-order valence-electron chi connectivity index (χ3n) is 3.58. The minimum Gasteiger partial charge on any atom is -0.387 e. The Balaban J connectivity index is 1.66. The van der Waals surface area contributed by atoms with Gasteiger partial charge in [-0.05, 0) is 13.8 Å². The lowest BCUT2D eigenvalue weighted by Gasteiger charge is -2.30. The molecule has 0 spiro atoms. The van der Waals surface area contributed by atoms with E-state index >= 15 is 0 Å². The Morgan fingerprint density at radius 1 is 1.26 bits per heavy atom. The number of morpholine rings is 1. The summed E-state index contributed by atoms with van der Waals surface area (Å²) in [7, 11) is 0. The highest BCUT2D eigenvalue weighted by molar-refractivity contribution is 5.82. The zero-order valence-corrected chi connectivity index (χ0v) is 11.1. The van der Waals surface area contributed by atoms with Crippen LogP contribution in [0.5, 0.6) is 0 Å². The molecule has 0 aliphatic carbocycles. The number of ether oxygens (including phenoxy) is 4. The van der Waals surface area contributed by atoms with E-state index in [1.165, 1.54) is 0 Å². The maximum absolute atomic E-state index is 12.3. The number of aliphatic hydroxyl groups is 1. The molecule has 7 nitrogen and oxygen atoms in total. The van der Waals surface area contributed by atoms with Crippen LogP contribution in [-0.4, -0.2) is 72.6 Å². The summed E-state index contributed by atoms with van der Waals surface area (Å²) in [5.74, 6) is -1.02. The quantitative estimate of drug-likeness (QED) is 0.666. The highest BCUT2D eigenvalue weighted by atomic mass is 16.8. The summed E-state index contributed by atoms with van der Waals surface area (Å²) in [6.45, 7) is 5.57. The van der Waals surface area contributed by atoms with E-state index in [1.807, 2.05) is 0 Å². The first-order chi connectivity index (χ1) is 8.98. The van der Waals surface area contributed by atoms with Crippen LogP contribution in [0, 0.1) is 0 Å². The number of rotatable bonds is 1. The largest absolute Gasteiger partial charge is 0.387 e. The zero-order chi connectivity index (χ0) is 13.6. The number of hydrogen-bond donors (Lipinski definition) is 1. The number of carbonyl (C=O) groups is 1. The summed E-state index contributed by atoms with van der Waals surface area (Å²) in [6, 6.07) is 0. The van der Waals surface area contributed by atoms with Crippen LogP contribution < -0.4 is 0 Å². The van der Waals surface area contributed by atoms with Gasteiger partial charge < -0.3 is 29.0 Å². The molecule has 0 saturated carbocycles. The van der Waals surface area contributed by atoms with Crippen molar-refractivity contribution in [3.63, 3.8) is 0 Å². The molecule has 3 aliphatic heterocycles. The second kappa shape index (κ2) is 4.68. The van der Waals surface area contributed by atoms with Gasteiger partial charge in [0.15, 0.2) is 18.2 Å². The number of amides is 1. The van der Waals surface area contributed by atoms with Gasteiger partial charge in [-0.1, -0.05) is 0 Å². The maximum atomic E-state index is 12.3. The molecule has 0 radical (unpaired) electrons. The molecule has 1 N–H and O–H groups in total. The zero-order valence-electron chi connectivity index (χ0n) is 11.1. The third kappa shape index (κ3) is 2.36. The lowest BCUT2D eigenvalue weighted by Crippen LogP contribution is -2.50. The molecular weight excluding hydrogens is 254 g/mol. The van der Waals surface area contributed by atoms with Crippen LogP contribution >= 0.6 is 0 Å². The Labute approximate surface area is 111 Å². The molecule has 108 valence electrons. The molecule has 0 aromatic heterocycles. The van der Waals surface area contributed by atoms with Gasteiger partial charge >= 0.3 is 0 Å². The molecule has 7 heteroatoms. The smallest absolute Gasteiger partial charge is 0.254 e. The van der Waals surface area contributed by atoms with Gasteiger partial charge in [0.05, 0.1) is 13.2 Å². The van der Waals surface area contributed by atoms with E-state index in [4.69, 9.17) is 18.9 Å². The van der Waals surface area contributed by atoms with Crippen LogP contribution in [0.2, 0.25) is 0 Å². The highest BCUT2D eigenvalue weighted by Gasteiger charge is 2.56. The predicted molar refractivity (Wildman–Crippen MR) is 62.1 cm³/mol. The monoisotopic (exact) mass is 273 g/mol. The van der Waals surface area contributed by atoms with Crippen molar-refractivity contribution in [1.82, 2.24) is 4.90 Å². The first-order valence-electron chi connectivity index (χ1n) is 6.54. The van der Waals surface area contributed by atoms with E-state index in [0.29, 0.717) is 26.3 Å². The molecule has 0 aromatic rings. The summed E-state index contributed by atoms with van der Waals surface area (Å²) < 4.78 is 21.8. The first kappa shape index (κ1) is 13.3. The first-order valence-corrected chi connectivity index (χ1v) is 6.54.